The van der Waals surface area contributed by atoms with Gasteiger partial charge in [0.1, 0.15) is 11.1 Å². The number of amides is 2. The van der Waals surface area contributed by atoms with Crippen LogP contribution in [0.1, 0.15) is 25.8 Å². The van der Waals surface area contributed by atoms with Gasteiger partial charge < -0.3 is 14.2 Å². The first kappa shape index (κ1) is 20.9. The molecule has 3 aliphatic heterocycles. The van der Waals surface area contributed by atoms with E-state index in [1.165, 1.54) is 0 Å². The van der Waals surface area contributed by atoms with Crippen LogP contribution in [0, 0.1) is 11.2 Å². The molecule has 3 aromatic rings. The van der Waals surface area contributed by atoms with E-state index in [0.717, 1.165) is 0 Å². The third kappa shape index (κ3) is 2.71. The molecule has 0 aliphatic carbocycles. The van der Waals surface area contributed by atoms with Crippen LogP contribution in [0.25, 0.3) is 22.4 Å². The van der Waals surface area contributed by atoms with Crippen molar-refractivity contribution in [3.63, 3.8) is 0 Å². The fraction of sp³-hybridized carbons (Fsp3) is 0.375. The van der Waals surface area contributed by atoms with Crippen LogP contribution in [-0.4, -0.2) is 52.5 Å². The standard InChI is InChI=1S/C24H21FN4O5/c1-11-10-29-20-13(7-14-19(15-5-3-4-6-26-15)28-34-21(14)18(20)25)9-24(22(29)12(2)33-11)16(30)8-17(31)27-23(24)32/h3-7,11-12,22H,8-10H2,1-2H3,(H,27,31,32)/t11-,12+,22-,24?/m1/s1. The summed E-state index contributed by atoms with van der Waals surface area (Å²) in [5.41, 5.74) is 0.0206. The van der Waals surface area contributed by atoms with Crippen LogP contribution in [0.3, 0.4) is 0 Å². The summed E-state index contributed by atoms with van der Waals surface area (Å²) in [6.45, 7) is 3.88. The topological polar surface area (TPSA) is 115 Å². The minimum absolute atomic E-state index is 0.0181. The predicted molar refractivity (Wildman–Crippen MR) is 117 cm³/mol. The Morgan fingerprint density at radius 1 is 1.24 bits per heavy atom. The number of anilines is 1. The maximum atomic E-state index is 16.0. The maximum Gasteiger partial charge on any atom is 0.242 e. The first-order valence-corrected chi connectivity index (χ1v) is 11.1. The minimum Gasteiger partial charge on any atom is -0.372 e. The van der Waals surface area contributed by atoms with Crippen molar-refractivity contribution < 1.29 is 28.0 Å². The van der Waals surface area contributed by atoms with Crippen molar-refractivity contribution in [3.05, 3.63) is 41.8 Å². The minimum atomic E-state index is -1.58. The van der Waals surface area contributed by atoms with Crippen molar-refractivity contribution in [3.8, 4) is 11.4 Å². The normalized spacial score (nSPS) is 28.7. The predicted octanol–water partition coefficient (Wildman–Crippen LogP) is 2.17. The number of benzene rings is 1. The number of carbonyl (C=O) groups is 3. The van der Waals surface area contributed by atoms with Crippen molar-refractivity contribution in [1.82, 2.24) is 15.5 Å². The lowest BCUT2D eigenvalue weighted by Gasteiger charge is -2.55. The molecule has 2 fully saturated rings. The average Bonchev–Trinajstić information content (AvgIpc) is 3.21. The van der Waals surface area contributed by atoms with E-state index in [-0.39, 0.29) is 30.3 Å². The van der Waals surface area contributed by atoms with Crippen LogP contribution >= 0.6 is 0 Å². The van der Waals surface area contributed by atoms with Gasteiger partial charge in [-0.1, -0.05) is 11.2 Å². The Bertz CT molecular complexity index is 1350. The molecule has 1 unspecified atom stereocenters. The number of fused-ring (bicyclic) bond motifs is 5. The molecule has 2 aromatic heterocycles. The molecule has 4 atom stereocenters. The van der Waals surface area contributed by atoms with Gasteiger partial charge in [0.15, 0.2) is 11.6 Å². The molecule has 1 aromatic carbocycles. The van der Waals surface area contributed by atoms with Gasteiger partial charge in [0.2, 0.25) is 17.4 Å². The zero-order valence-corrected chi connectivity index (χ0v) is 18.5. The Hall–Kier alpha value is -3.66. The van der Waals surface area contributed by atoms with Crippen molar-refractivity contribution in [2.75, 3.05) is 11.4 Å². The van der Waals surface area contributed by atoms with Gasteiger partial charge in [-0.25, -0.2) is 4.39 Å². The summed E-state index contributed by atoms with van der Waals surface area (Å²) in [4.78, 5) is 44.7. The number of halogens is 1. The highest BCUT2D eigenvalue weighted by Gasteiger charge is 2.62. The number of ketones is 1. The molecule has 0 saturated carbocycles. The Morgan fingerprint density at radius 3 is 2.79 bits per heavy atom. The molecule has 3 aliphatic rings. The lowest BCUT2D eigenvalue weighted by molar-refractivity contribution is -0.158. The summed E-state index contributed by atoms with van der Waals surface area (Å²) in [6, 6.07) is 6.22. The molecule has 174 valence electrons. The molecule has 5 heterocycles. The number of aromatic nitrogens is 2. The van der Waals surface area contributed by atoms with E-state index < -0.39 is 47.4 Å². The van der Waals surface area contributed by atoms with Crippen LogP contribution in [-0.2, 0) is 25.5 Å². The number of hydrogen-bond acceptors (Lipinski definition) is 8. The van der Waals surface area contributed by atoms with E-state index in [0.29, 0.717) is 22.3 Å². The van der Waals surface area contributed by atoms with Crippen LogP contribution in [0.15, 0.2) is 35.0 Å². The fourth-order valence-corrected chi connectivity index (χ4v) is 5.83. The summed E-state index contributed by atoms with van der Waals surface area (Å²) >= 11 is 0. The third-order valence-corrected chi connectivity index (χ3v) is 7.08. The Kier molecular flexibility index (Phi) is 4.41. The van der Waals surface area contributed by atoms with Crippen molar-refractivity contribution in [2.24, 2.45) is 5.41 Å². The number of nitrogens with one attached hydrogen (secondary N) is 1. The number of morpholine rings is 1. The van der Waals surface area contributed by atoms with E-state index in [1.54, 1.807) is 42.3 Å². The maximum absolute atomic E-state index is 16.0. The second kappa shape index (κ2) is 7.17. The number of hydrogen-bond donors (Lipinski definition) is 1. The summed E-state index contributed by atoms with van der Waals surface area (Å²) in [5, 5.41) is 6.80. The summed E-state index contributed by atoms with van der Waals surface area (Å²) < 4.78 is 27.4. The van der Waals surface area contributed by atoms with Gasteiger partial charge in [-0.2, -0.15) is 0 Å². The molecule has 0 radical (unpaired) electrons. The summed E-state index contributed by atoms with van der Waals surface area (Å²) in [7, 11) is 0. The summed E-state index contributed by atoms with van der Waals surface area (Å²) in [6.07, 6.45) is 0.289. The van der Waals surface area contributed by atoms with Gasteiger partial charge in [-0.3, -0.25) is 24.7 Å². The SMILES string of the molecule is C[C@@H]1CN2c3c(cc4c(-c5ccccn5)noc4c3F)CC3(C(=O)CC(=O)NC3=O)[C@H]2[C@H](C)O1. The first-order chi connectivity index (χ1) is 16.3. The first-order valence-electron chi connectivity index (χ1n) is 11.1. The molecule has 9 nitrogen and oxygen atoms in total. The highest BCUT2D eigenvalue weighted by molar-refractivity contribution is 6.22. The highest BCUT2D eigenvalue weighted by atomic mass is 19.1. The lowest BCUT2D eigenvalue weighted by atomic mass is 9.63. The van der Waals surface area contributed by atoms with Crippen LogP contribution in [0.4, 0.5) is 10.1 Å². The van der Waals surface area contributed by atoms with Crippen molar-refractivity contribution in [2.45, 2.75) is 44.9 Å². The van der Waals surface area contributed by atoms with Gasteiger partial charge in [0, 0.05) is 12.7 Å². The smallest absolute Gasteiger partial charge is 0.242 e. The lowest BCUT2D eigenvalue weighted by Crippen LogP contribution is -2.72. The number of carbonyl (C=O) groups excluding carboxylic acids is 3. The molecule has 1 N–H and O–H groups in total. The second-order valence-corrected chi connectivity index (χ2v) is 9.20. The van der Waals surface area contributed by atoms with Gasteiger partial charge in [0.25, 0.3) is 0 Å². The second-order valence-electron chi connectivity index (χ2n) is 9.20. The van der Waals surface area contributed by atoms with E-state index in [2.05, 4.69) is 15.5 Å². The number of imide groups is 1. The largest absolute Gasteiger partial charge is 0.372 e. The summed E-state index contributed by atoms with van der Waals surface area (Å²) in [5.74, 6) is -2.39. The van der Waals surface area contributed by atoms with Gasteiger partial charge in [0.05, 0.1) is 41.4 Å². The molecule has 10 heteroatoms. The molecule has 0 bridgehead atoms. The van der Waals surface area contributed by atoms with E-state index >= 15 is 4.39 Å². The number of pyridine rings is 1. The number of rotatable bonds is 1. The molecule has 34 heavy (non-hydrogen) atoms. The van der Waals surface area contributed by atoms with Gasteiger partial charge >= 0.3 is 0 Å². The van der Waals surface area contributed by atoms with E-state index in [1.807, 2.05) is 6.92 Å². The fourth-order valence-electron chi connectivity index (χ4n) is 5.83. The Morgan fingerprint density at radius 2 is 2.06 bits per heavy atom. The van der Waals surface area contributed by atoms with Crippen molar-refractivity contribution in [1.29, 1.82) is 0 Å². The van der Waals surface area contributed by atoms with Crippen LogP contribution in [0.5, 0.6) is 0 Å². The number of nitrogens with zero attached hydrogens (tertiary/aromatic N) is 3. The molecule has 2 saturated heterocycles. The molecular formula is C24H21FN4O5. The zero-order valence-electron chi connectivity index (χ0n) is 18.5. The van der Waals surface area contributed by atoms with Crippen LogP contribution in [0.2, 0.25) is 0 Å². The third-order valence-electron chi connectivity index (χ3n) is 7.08. The number of piperidine rings is 1. The van der Waals surface area contributed by atoms with Crippen molar-refractivity contribution >= 4 is 34.3 Å². The molecule has 1 spiro atoms. The molecule has 2 amide bonds. The van der Waals surface area contributed by atoms with Gasteiger partial charge in [-0.05, 0) is 44.0 Å². The monoisotopic (exact) mass is 464 g/mol. The van der Waals surface area contributed by atoms with E-state index in [9.17, 15) is 14.4 Å². The Labute approximate surface area is 193 Å². The average molecular weight is 464 g/mol. The zero-order chi connectivity index (χ0) is 23.8. The van der Waals surface area contributed by atoms with Gasteiger partial charge in [-0.15, -0.1) is 0 Å². The quantitative estimate of drug-likeness (QED) is 0.431. The highest BCUT2D eigenvalue weighted by Crippen LogP contribution is 2.50. The van der Waals surface area contributed by atoms with E-state index in [4.69, 9.17) is 9.26 Å². The molecule has 6 rings (SSSR count). The van der Waals surface area contributed by atoms with Crippen LogP contribution < -0.4 is 10.2 Å². The molecular weight excluding hydrogens is 443 g/mol. The number of Topliss-reactive ketones (excluding diaryl/α,β-unsaturated/α-hetero) is 1. The Balaban J connectivity index is 1.61. The number of ether oxygens (including phenoxy) is 1.